The summed E-state index contributed by atoms with van der Waals surface area (Å²) in [5.41, 5.74) is 1.62. The Kier molecular flexibility index (Phi) is 8.98. The Morgan fingerprint density at radius 2 is 1.81 bits per heavy atom. The molecule has 1 aromatic carbocycles. The van der Waals surface area contributed by atoms with Gasteiger partial charge in [0.2, 0.25) is 0 Å². The minimum Gasteiger partial charge on any atom is -0.383 e. The van der Waals surface area contributed by atoms with Crippen molar-refractivity contribution in [2.45, 2.75) is 19.9 Å². The molecule has 0 unspecified atom stereocenters. The molecule has 1 aromatic rings. The highest BCUT2D eigenvalue weighted by Gasteiger charge is 2.14. The van der Waals surface area contributed by atoms with E-state index in [-0.39, 0.29) is 5.82 Å². The maximum Gasteiger partial charge on any atom is 0.129 e. The van der Waals surface area contributed by atoms with Gasteiger partial charge in [-0.3, -0.25) is 0 Å². The summed E-state index contributed by atoms with van der Waals surface area (Å²) in [7, 11) is 3.34. The zero-order chi connectivity index (χ0) is 15.5. The smallest absolute Gasteiger partial charge is 0.129 e. The van der Waals surface area contributed by atoms with Gasteiger partial charge >= 0.3 is 0 Å². The van der Waals surface area contributed by atoms with Crippen molar-refractivity contribution in [2.24, 2.45) is 0 Å². The molecule has 0 amide bonds. The van der Waals surface area contributed by atoms with E-state index in [1.807, 2.05) is 6.07 Å². The number of halogens is 1. The summed E-state index contributed by atoms with van der Waals surface area (Å²) >= 11 is 0. The molecule has 1 rings (SSSR count). The number of rotatable bonds is 11. The number of hydrogen-bond acceptors (Lipinski definition) is 4. The summed E-state index contributed by atoms with van der Waals surface area (Å²) in [6.07, 6.45) is 1.03. The van der Waals surface area contributed by atoms with Crippen LogP contribution in [0.2, 0.25) is 0 Å². The fourth-order valence-corrected chi connectivity index (χ4v) is 2.16. The highest BCUT2D eigenvalue weighted by atomic mass is 19.1. The lowest BCUT2D eigenvalue weighted by Gasteiger charge is -2.27. The molecule has 21 heavy (non-hydrogen) atoms. The van der Waals surface area contributed by atoms with Crippen LogP contribution in [0.1, 0.15) is 18.9 Å². The fourth-order valence-electron chi connectivity index (χ4n) is 2.16. The first-order valence-electron chi connectivity index (χ1n) is 7.45. The van der Waals surface area contributed by atoms with Gasteiger partial charge in [-0.1, -0.05) is 13.0 Å². The molecule has 4 nitrogen and oxygen atoms in total. The molecule has 0 spiro atoms. The average molecular weight is 298 g/mol. The molecule has 0 bridgehead atoms. The number of anilines is 1. The van der Waals surface area contributed by atoms with Crippen LogP contribution in [0.3, 0.4) is 0 Å². The molecule has 1 N–H and O–H groups in total. The van der Waals surface area contributed by atoms with E-state index in [1.165, 1.54) is 6.07 Å². The zero-order valence-corrected chi connectivity index (χ0v) is 13.3. The number of hydrogen-bond donors (Lipinski definition) is 1. The maximum absolute atomic E-state index is 14.2. The van der Waals surface area contributed by atoms with Gasteiger partial charge in [0.05, 0.1) is 13.2 Å². The van der Waals surface area contributed by atoms with Gasteiger partial charge in [0, 0.05) is 45.1 Å². The molecule has 0 saturated heterocycles. The third-order valence-corrected chi connectivity index (χ3v) is 3.29. The first-order valence-corrected chi connectivity index (χ1v) is 7.45. The molecule has 5 heteroatoms. The standard InChI is InChI=1S/C16H27FN2O2/c1-4-8-18-13-14-15(17)6-5-7-16(14)19(9-11-20-2)10-12-21-3/h5-7,18H,4,8-13H2,1-3H3. The number of ether oxygens (including phenoxy) is 2. The summed E-state index contributed by atoms with van der Waals surface area (Å²) in [4.78, 5) is 2.11. The van der Waals surface area contributed by atoms with E-state index in [4.69, 9.17) is 9.47 Å². The second-order valence-electron chi connectivity index (χ2n) is 4.89. The second kappa shape index (κ2) is 10.5. The predicted octanol–water partition coefficient (Wildman–Crippen LogP) is 2.42. The Bertz CT molecular complexity index is 394. The Morgan fingerprint density at radius 1 is 1.14 bits per heavy atom. The van der Waals surface area contributed by atoms with Crippen molar-refractivity contribution in [3.8, 4) is 0 Å². The van der Waals surface area contributed by atoms with Crippen molar-refractivity contribution in [1.82, 2.24) is 5.32 Å². The van der Waals surface area contributed by atoms with E-state index in [2.05, 4.69) is 17.1 Å². The topological polar surface area (TPSA) is 33.7 Å². The van der Waals surface area contributed by atoms with E-state index >= 15 is 0 Å². The Labute approximate surface area is 127 Å². The molecule has 0 aliphatic rings. The quantitative estimate of drug-likeness (QED) is 0.636. The number of benzene rings is 1. The Balaban J connectivity index is 2.90. The minimum absolute atomic E-state index is 0.170. The summed E-state index contributed by atoms with van der Waals surface area (Å²) in [6.45, 7) is 6.13. The van der Waals surface area contributed by atoms with Crippen molar-refractivity contribution in [3.05, 3.63) is 29.6 Å². The second-order valence-corrected chi connectivity index (χ2v) is 4.89. The normalized spacial score (nSPS) is 10.9. The van der Waals surface area contributed by atoms with Crippen LogP contribution in [-0.2, 0) is 16.0 Å². The van der Waals surface area contributed by atoms with Gasteiger partial charge in [0.25, 0.3) is 0 Å². The molecule has 0 aliphatic heterocycles. The molecule has 120 valence electrons. The highest BCUT2D eigenvalue weighted by molar-refractivity contribution is 5.54. The van der Waals surface area contributed by atoms with Gasteiger partial charge in [0.15, 0.2) is 0 Å². The van der Waals surface area contributed by atoms with Gasteiger partial charge in [-0.05, 0) is 25.1 Å². The van der Waals surface area contributed by atoms with Crippen molar-refractivity contribution in [2.75, 3.05) is 52.0 Å². The van der Waals surface area contributed by atoms with Crippen molar-refractivity contribution in [3.63, 3.8) is 0 Å². The Hall–Kier alpha value is -1.17. The summed E-state index contributed by atoms with van der Waals surface area (Å²) in [5.74, 6) is -0.170. The third-order valence-electron chi connectivity index (χ3n) is 3.29. The number of nitrogens with zero attached hydrogens (tertiary/aromatic N) is 1. The summed E-state index contributed by atoms with van der Waals surface area (Å²) < 4.78 is 24.5. The molecular formula is C16H27FN2O2. The van der Waals surface area contributed by atoms with Crippen LogP contribution < -0.4 is 10.2 Å². The lowest BCUT2D eigenvalue weighted by Crippen LogP contribution is -2.32. The average Bonchev–Trinajstić information content (AvgIpc) is 2.49. The molecule has 0 radical (unpaired) electrons. The van der Waals surface area contributed by atoms with Gasteiger partial charge in [-0.25, -0.2) is 4.39 Å². The number of nitrogens with one attached hydrogen (secondary N) is 1. The third kappa shape index (κ3) is 5.99. The molecule has 0 aliphatic carbocycles. The van der Waals surface area contributed by atoms with Crippen LogP contribution in [0.15, 0.2) is 18.2 Å². The largest absolute Gasteiger partial charge is 0.383 e. The van der Waals surface area contributed by atoms with Gasteiger partial charge < -0.3 is 19.7 Å². The summed E-state index contributed by atoms with van der Waals surface area (Å²) in [5, 5.41) is 3.27. The maximum atomic E-state index is 14.2. The van der Waals surface area contributed by atoms with E-state index < -0.39 is 0 Å². The van der Waals surface area contributed by atoms with E-state index in [0.717, 1.165) is 18.7 Å². The molecule has 0 fully saturated rings. The first kappa shape index (κ1) is 17.9. The predicted molar refractivity (Wildman–Crippen MR) is 84.4 cm³/mol. The van der Waals surface area contributed by atoms with E-state index in [0.29, 0.717) is 38.4 Å². The molecule has 0 saturated carbocycles. The Morgan fingerprint density at radius 3 is 2.38 bits per heavy atom. The number of methoxy groups -OCH3 is 2. The van der Waals surface area contributed by atoms with Crippen LogP contribution in [0.4, 0.5) is 10.1 Å². The van der Waals surface area contributed by atoms with Gasteiger partial charge in [-0.2, -0.15) is 0 Å². The van der Waals surface area contributed by atoms with E-state index in [9.17, 15) is 4.39 Å². The lowest BCUT2D eigenvalue weighted by atomic mass is 10.1. The zero-order valence-electron chi connectivity index (χ0n) is 13.3. The van der Waals surface area contributed by atoms with Crippen molar-refractivity contribution < 1.29 is 13.9 Å². The lowest BCUT2D eigenvalue weighted by molar-refractivity contribution is 0.190. The molecular weight excluding hydrogens is 271 g/mol. The molecule has 0 heterocycles. The SMILES string of the molecule is CCCNCc1c(F)cccc1N(CCOC)CCOC. The van der Waals surface area contributed by atoms with Crippen LogP contribution >= 0.6 is 0 Å². The van der Waals surface area contributed by atoms with Crippen LogP contribution in [0.5, 0.6) is 0 Å². The highest BCUT2D eigenvalue weighted by Crippen LogP contribution is 2.23. The van der Waals surface area contributed by atoms with Crippen LogP contribution in [0, 0.1) is 5.82 Å². The van der Waals surface area contributed by atoms with Crippen molar-refractivity contribution in [1.29, 1.82) is 0 Å². The van der Waals surface area contributed by atoms with Gasteiger partial charge in [-0.15, -0.1) is 0 Å². The van der Waals surface area contributed by atoms with Crippen LogP contribution in [-0.4, -0.2) is 47.1 Å². The van der Waals surface area contributed by atoms with Crippen LogP contribution in [0.25, 0.3) is 0 Å². The fraction of sp³-hybridized carbons (Fsp3) is 0.625. The minimum atomic E-state index is -0.170. The monoisotopic (exact) mass is 298 g/mol. The molecule has 0 aromatic heterocycles. The van der Waals surface area contributed by atoms with E-state index in [1.54, 1.807) is 20.3 Å². The van der Waals surface area contributed by atoms with Crippen molar-refractivity contribution >= 4 is 5.69 Å². The summed E-state index contributed by atoms with van der Waals surface area (Å²) in [6, 6.07) is 5.22. The molecule has 0 atom stereocenters. The first-order chi connectivity index (χ1) is 10.2. The van der Waals surface area contributed by atoms with Gasteiger partial charge in [0.1, 0.15) is 5.82 Å².